The summed E-state index contributed by atoms with van der Waals surface area (Å²) in [5, 5.41) is 17.6. The van der Waals surface area contributed by atoms with E-state index in [0.29, 0.717) is 30.0 Å². The number of fused-ring (bicyclic) bond motifs is 2. The lowest BCUT2D eigenvalue weighted by atomic mass is 9.90. The summed E-state index contributed by atoms with van der Waals surface area (Å²) in [7, 11) is 1.54. The van der Waals surface area contributed by atoms with E-state index < -0.39 is 0 Å². The minimum Gasteiger partial charge on any atom is -0.508 e. The first-order chi connectivity index (χ1) is 16.0. The quantitative estimate of drug-likeness (QED) is 0.412. The van der Waals surface area contributed by atoms with Crippen LogP contribution in [0.3, 0.4) is 0 Å². The van der Waals surface area contributed by atoms with E-state index in [2.05, 4.69) is 15.0 Å². The molecule has 168 valence electrons. The van der Waals surface area contributed by atoms with Gasteiger partial charge < -0.3 is 24.8 Å². The van der Waals surface area contributed by atoms with Crippen molar-refractivity contribution in [3.63, 3.8) is 0 Å². The number of pyridine rings is 1. The summed E-state index contributed by atoms with van der Waals surface area (Å²) in [5.41, 5.74) is 3.98. The molecule has 0 fully saturated rings. The third-order valence-electron chi connectivity index (χ3n) is 5.53. The second-order valence-electron chi connectivity index (χ2n) is 7.43. The number of benzene rings is 2. The van der Waals surface area contributed by atoms with Gasteiger partial charge in [0, 0.05) is 23.9 Å². The molecule has 9 nitrogen and oxygen atoms in total. The molecule has 4 aromatic rings. The van der Waals surface area contributed by atoms with Gasteiger partial charge >= 0.3 is 0 Å². The molecule has 2 aromatic heterocycles. The molecule has 0 saturated heterocycles. The predicted molar refractivity (Wildman–Crippen MR) is 120 cm³/mol. The Balaban J connectivity index is 0.000000821. The Kier molecular flexibility index (Phi) is 6.21. The zero-order chi connectivity index (χ0) is 23.4. The van der Waals surface area contributed by atoms with E-state index in [1.807, 2.05) is 30.3 Å². The number of carbonyl (C=O) groups excluding carboxylic acids is 1. The molecule has 0 aliphatic carbocycles. The van der Waals surface area contributed by atoms with Crippen molar-refractivity contribution in [2.24, 2.45) is 0 Å². The number of H-pyrrole nitrogens is 1. The molecule has 1 amide bonds. The highest BCUT2D eigenvalue weighted by Gasteiger charge is 2.32. The van der Waals surface area contributed by atoms with Crippen molar-refractivity contribution in [2.75, 3.05) is 13.7 Å². The van der Waals surface area contributed by atoms with E-state index >= 15 is 0 Å². The molecule has 2 aromatic carbocycles. The number of phenolic OH excluding ortho intramolecular Hbond substituents is 1. The highest BCUT2D eigenvalue weighted by atomic mass is 16.5. The Labute approximate surface area is 189 Å². The summed E-state index contributed by atoms with van der Waals surface area (Å²) in [5.74, 6) is 0.363. The van der Waals surface area contributed by atoms with E-state index in [0.717, 1.165) is 22.3 Å². The Hall–Kier alpha value is -4.40. The van der Waals surface area contributed by atoms with Crippen LogP contribution in [0, 0.1) is 0 Å². The van der Waals surface area contributed by atoms with Crippen molar-refractivity contribution < 1.29 is 24.5 Å². The van der Waals surface area contributed by atoms with Gasteiger partial charge in [0.25, 0.3) is 12.4 Å². The smallest absolute Gasteiger partial charge is 0.290 e. The van der Waals surface area contributed by atoms with Crippen LogP contribution < -0.4 is 4.74 Å². The number of aromatic amines is 1. The number of para-hydroxylation sites is 1. The lowest BCUT2D eigenvalue weighted by molar-refractivity contribution is -0.122. The lowest BCUT2D eigenvalue weighted by Gasteiger charge is -2.32. The van der Waals surface area contributed by atoms with Gasteiger partial charge in [-0.1, -0.05) is 30.3 Å². The first-order valence-corrected chi connectivity index (χ1v) is 10.2. The van der Waals surface area contributed by atoms with E-state index in [4.69, 9.17) is 14.6 Å². The van der Waals surface area contributed by atoms with Gasteiger partial charge in [-0.15, -0.1) is 0 Å². The fourth-order valence-electron chi connectivity index (χ4n) is 4.08. The molecule has 0 saturated carbocycles. The summed E-state index contributed by atoms with van der Waals surface area (Å²) < 4.78 is 5.32. The number of hydrogen-bond acceptors (Lipinski definition) is 6. The molecular formula is C24H22N4O5. The molecule has 33 heavy (non-hydrogen) atoms. The van der Waals surface area contributed by atoms with Gasteiger partial charge in [-0.2, -0.15) is 0 Å². The van der Waals surface area contributed by atoms with E-state index in [1.54, 1.807) is 42.6 Å². The van der Waals surface area contributed by atoms with E-state index in [1.165, 1.54) is 0 Å². The van der Waals surface area contributed by atoms with Crippen molar-refractivity contribution in [2.45, 2.75) is 12.5 Å². The summed E-state index contributed by atoms with van der Waals surface area (Å²) >= 11 is 0. The van der Waals surface area contributed by atoms with Crippen LogP contribution in [0.2, 0.25) is 0 Å². The predicted octanol–water partition coefficient (Wildman–Crippen LogP) is 3.16. The van der Waals surface area contributed by atoms with Crippen LogP contribution in [0.25, 0.3) is 10.9 Å². The number of phenols is 1. The SMILES string of the molecule is COc1cc(C(=O)N2Cc3[nH]cnc3C(c3cccc(O)c3)C2)c2ccccc2n1.O=CO. The van der Waals surface area contributed by atoms with Crippen molar-refractivity contribution >= 4 is 23.3 Å². The Morgan fingerprint density at radius 2 is 2.00 bits per heavy atom. The highest BCUT2D eigenvalue weighted by Crippen LogP contribution is 2.34. The van der Waals surface area contributed by atoms with Gasteiger partial charge in [-0.3, -0.25) is 9.59 Å². The second-order valence-corrected chi connectivity index (χ2v) is 7.43. The number of nitrogens with zero attached hydrogens (tertiary/aromatic N) is 3. The van der Waals surface area contributed by atoms with Crippen LogP contribution in [0.1, 0.15) is 33.2 Å². The molecule has 3 N–H and O–H groups in total. The van der Waals surface area contributed by atoms with Crippen LogP contribution in [-0.2, 0) is 11.3 Å². The standard InChI is InChI=1S/C23H20N4O3.CH2O2/c1-30-21-10-17(16-7-2-3-8-19(16)26-21)23(29)27-11-18(14-5-4-6-15(28)9-14)22-20(12-27)24-13-25-22;2-1-3/h2-10,13,18,28H,11-12H2,1H3,(H,24,25);1H,(H,2,3). The van der Waals surface area contributed by atoms with Crippen LogP contribution in [0.5, 0.6) is 11.6 Å². The number of nitrogens with one attached hydrogen (secondary N) is 1. The van der Waals surface area contributed by atoms with Crippen LogP contribution in [0.4, 0.5) is 0 Å². The average Bonchev–Trinajstić information content (AvgIpc) is 3.31. The number of amides is 1. The van der Waals surface area contributed by atoms with Crippen LogP contribution in [-0.4, -0.2) is 56.1 Å². The van der Waals surface area contributed by atoms with Gasteiger partial charge in [-0.05, 0) is 23.8 Å². The average molecular weight is 446 g/mol. The summed E-state index contributed by atoms with van der Waals surface area (Å²) in [6, 6.07) is 16.3. The third kappa shape index (κ3) is 4.33. The molecule has 1 aliphatic rings. The Bertz CT molecular complexity index is 1300. The summed E-state index contributed by atoms with van der Waals surface area (Å²) in [6.45, 7) is 0.640. The number of carbonyl (C=O) groups is 2. The minimum absolute atomic E-state index is 0.0997. The molecule has 5 rings (SSSR count). The number of ether oxygens (including phenoxy) is 1. The highest BCUT2D eigenvalue weighted by molar-refractivity contribution is 6.06. The number of hydrogen-bond donors (Lipinski definition) is 3. The van der Waals surface area contributed by atoms with Gasteiger partial charge in [0.15, 0.2) is 0 Å². The lowest BCUT2D eigenvalue weighted by Crippen LogP contribution is -2.38. The third-order valence-corrected chi connectivity index (χ3v) is 5.53. The van der Waals surface area contributed by atoms with Crippen LogP contribution >= 0.6 is 0 Å². The topological polar surface area (TPSA) is 129 Å². The van der Waals surface area contributed by atoms with Gasteiger partial charge in [0.05, 0.1) is 42.4 Å². The van der Waals surface area contributed by atoms with Crippen molar-refractivity contribution in [1.82, 2.24) is 19.9 Å². The molecule has 3 heterocycles. The number of methoxy groups -OCH3 is 1. The number of imidazole rings is 1. The number of aromatic nitrogens is 3. The monoisotopic (exact) mass is 446 g/mol. The van der Waals surface area contributed by atoms with Crippen LogP contribution in [0.15, 0.2) is 60.9 Å². The zero-order valence-electron chi connectivity index (χ0n) is 17.8. The Morgan fingerprint density at radius 3 is 2.76 bits per heavy atom. The molecule has 1 aliphatic heterocycles. The zero-order valence-corrected chi connectivity index (χ0v) is 17.8. The normalized spacial score (nSPS) is 14.7. The summed E-state index contributed by atoms with van der Waals surface area (Å²) in [4.78, 5) is 35.9. The Morgan fingerprint density at radius 1 is 1.21 bits per heavy atom. The van der Waals surface area contributed by atoms with Crippen molar-refractivity contribution in [3.8, 4) is 11.6 Å². The first kappa shape index (κ1) is 21.8. The van der Waals surface area contributed by atoms with E-state index in [-0.39, 0.29) is 24.0 Å². The molecule has 1 unspecified atom stereocenters. The van der Waals surface area contributed by atoms with E-state index in [9.17, 15) is 9.90 Å². The van der Waals surface area contributed by atoms with Gasteiger partial charge in [-0.25, -0.2) is 9.97 Å². The number of carboxylic acid groups (broad SMARTS) is 1. The molecule has 1 atom stereocenters. The van der Waals surface area contributed by atoms with Crippen molar-refractivity contribution in [1.29, 1.82) is 0 Å². The molecule has 0 bridgehead atoms. The fourth-order valence-corrected chi connectivity index (χ4v) is 4.08. The molecule has 0 radical (unpaired) electrons. The second kappa shape index (κ2) is 9.39. The maximum atomic E-state index is 13.6. The molecule has 0 spiro atoms. The fraction of sp³-hybridized carbons (Fsp3) is 0.167. The largest absolute Gasteiger partial charge is 0.508 e. The van der Waals surface area contributed by atoms with Crippen molar-refractivity contribution in [3.05, 3.63) is 83.4 Å². The number of aromatic hydroxyl groups is 1. The first-order valence-electron chi connectivity index (χ1n) is 10.2. The maximum Gasteiger partial charge on any atom is 0.290 e. The van der Waals surface area contributed by atoms with Gasteiger partial charge in [0.2, 0.25) is 5.88 Å². The summed E-state index contributed by atoms with van der Waals surface area (Å²) in [6.07, 6.45) is 1.65. The number of rotatable bonds is 3. The maximum absolute atomic E-state index is 13.6. The van der Waals surface area contributed by atoms with Gasteiger partial charge in [0.1, 0.15) is 5.75 Å². The molecular weight excluding hydrogens is 424 g/mol. The molecule has 9 heteroatoms. The minimum atomic E-state index is -0.250.